The van der Waals surface area contributed by atoms with E-state index >= 15 is 0 Å². The molecule has 106 valence electrons. The number of carboxylic acid groups (broad SMARTS) is 1. The van der Waals surface area contributed by atoms with Gasteiger partial charge >= 0.3 is 5.97 Å². The van der Waals surface area contributed by atoms with Gasteiger partial charge in [-0.05, 0) is 25.5 Å². The highest BCUT2D eigenvalue weighted by molar-refractivity contribution is 7.99. The lowest BCUT2D eigenvalue weighted by atomic mass is 10.2. The van der Waals surface area contributed by atoms with E-state index in [-0.39, 0.29) is 12.2 Å². The molecule has 1 heterocycles. The summed E-state index contributed by atoms with van der Waals surface area (Å²) in [6, 6.07) is 0. The van der Waals surface area contributed by atoms with Gasteiger partial charge in [0, 0.05) is 13.0 Å². The maximum Gasteiger partial charge on any atom is 0.340 e. The lowest BCUT2D eigenvalue weighted by molar-refractivity contribution is 0.0690. The standard InChI is InChI=1S/C13H20N2O3S/c1-3-10-14-9(2)11(13(17)18)12(15-10)19-8-6-4-5-7-16/h16H,3-8H2,1-2H3,(H,17,18). The number of unbranched alkanes of at least 4 members (excludes halogenated alkanes) is 2. The summed E-state index contributed by atoms with van der Waals surface area (Å²) in [7, 11) is 0. The molecule has 1 aromatic rings. The van der Waals surface area contributed by atoms with Crippen molar-refractivity contribution in [1.82, 2.24) is 9.97 Å². The molecular weight excluding hydrogens is 264 g/mol. The van der Waals surface area contributed by atoms with E-state index in [0.29, 0.717) is 23.0 Å². The first kappa shape index (κ1) is 15.9. The van der Waals surface area contributed by atoms with Gasteiger partial charge < -0.3 is 10.2 Å². The largest absolute Gasteiger partial charge is 0.478 e. The Bertz CT molecular complexity index is 438. The van der Waals surface area contributed by atoms with Crippen molar-refractivity contribution < 1.29 is 15.0 Å². The summed E-state index contributed by atoms with van der Waals surface area (Å²) in [6.07, 6.45) is 3.36. The summed E-state index contributed by atoms with van der Waals surface area (Å²) in [6.45, 7) is 3.86. The Hall–Kier alpha value is -1.14. The Morgan fingerprint density at radius 3 is 2.58 bits per heavy atom. The van der Waals surface area contributed by atoms with Crippen molar-refractivity contribution in [3.8, 4) is 0 Å². The zero-order valence-corrected chi connectivity index (χ0v) is 12.2. The van der Waals surface area contributed by atoms with Crippen LogP contribution >= 0.6 is 11.8 Å². The van der Waals surface area contributed by atoms with E-state index in [0.717, 1.165) is 25.0 Å². The van der Waals surface area contributed by atoms with E-state index in [1.54, 1.807) is 6.92 Å². The third kappa shape index (κ3) is 4.80. The average molecular weight is 284 g/mol. The third-order valence-corrected chi connectivity index (χ3v) is 3.74. The Labute approximate surface area is 117 Å². The number of aliphatic hydroxyl groups is 1. The second kappa shape index (κ2) is 8.12. The zero-order chi connectivity index (χ0) is 14.3. The minimum atomic E-state index is -0.974. The Kier molecular flexibility index (Phi) is 6.80. The monoisotopic (exact) mass is 284 g/mol. The first-order chi connectivity index (χ1) is 9.10. The summed E-state index contributed by atoms with van der Waals surface area (Å²) in [4.78, 5) is 19.8. The molecule has 0 aliphatic rings. The van der Waals surface area contributed by atoms with Gasteiger partial charge in [-0.2, -0.15) is 0 Å². The van der Waals surface area contributed by atoms with E-state index in [1.807, 2.05) is 6.92 Å². The maximum atomic E-state index is 11.3. The van der Waals surface area contributed by atoms with E-state index in [2.05, 4.69) is 9.97 Å². The molecule has 2 N–H and O–H groups in total. The SMILES string of the molecule is CCc1nc(C)c(C(=O)O)c(SCCCCCO)n1. The molecule has 0 saturated carbocycles. The Morgan fingerprint density at radius 2 is 2.00 bits per heavy atom. The highest BCUT2D eigenvalue weighted by Crippen LogP contribution is 2.24. The minimum absolute atomic E-state index is 0.206. The number of aryl methyl sites for hydroxylation is 2. The summed E-state index contributed by atoms with van der Waals surface area (Å²) in [5, 5.41) is 18.5. The van der Waals surface area contributed by atoms with Crippen molar-refractivity contribution in [2.75, 3.05) is 12.4 Å². The van der Waals surface area contributed by atoms with Crippen molar-refractivity contribution in [3.05, 3.63) is 17.1 Å². The van der Waals surface area contributed by atoms with Crippen LogP contribution in [0.3, 0.4) is 0 Å². The van der Waals surface area contributed by atoms with Crippen LogP contribution in [0.1, 0.15) is 48.1 Å². The van der Waals surface area contributed by atoms with Gasteiger partial charge in [-0.3, -0.25) is 0 Å². The topological polar surface area (TPSA) is 83.3 Å². The van der Waals surface area contributed by atoms with Crippen molar-refractivity contribution in [2.45, 2.75) is 44.6 Å². The minimum Gasteiger partial charge on any atom is -0.478 e. The van der Waals surface area contributed by atoms with Crippen LogP contribution in [0.15, 0.2) is 5.03 Å². The zero-order valence-electron chi connectivity index (χ0n) is 11.3. The van der Waals surface area contributed by atoms with Gasteiger partial charge in [0.2, 0.25) is 0 Å². The molecule has 6 heteroatoms. The van der Waals surface area contributed by atoms with E-state index in [9.17, 15) is 9.90 Å². The van der Waals surface area contributed by atoms with Gasteiger partial charge in [0.1, 0.15) is 16.4 Å². The fourth-order valence-electron chi connectivity index (χ4n) is 1.67. The molecule has 0 unspecified atom stereocenters. The summed E-state index contributed by atoms with van der Waals surface area (Å²) in [5.74, 6) is 0.512. The fourth-order valence-corrected chi connectivity index (χ4v) is 2.76. The second-order valence-corrected chi connectivity index (χ2v) is 5.28. The van der Waals surface area contributed by atoms with Crippen LogP contribution < -0.4 is 0 Å². The number of nitrogens with zero attached hydrogens (tertiary/aromatic N) is 2. The summed E-state index contributed by atoms with van der Waals surface area (Å²) in [5.41, 5.74) is 0.738. The number of hydrogen-bond acceptors (Lipinski definition) is 5. The van der Waals surface area contributed by atoms with Crippen LogP contribution in [0.2, 0.25) is 0 Å². The van der Waals surface area contributed by atoms with Gasteiger partial charge in [0.25, 0.3) is 0 Å². The Balaban J connectivity index is 2.78. The van der Waals surface area contributed by atoms with Gasteiger partial charge in [-0.15, -0.1) is 11.8 Å². The van der Waals surface area contributed by atoms with E-state index in [4.69, 9.17) is 5.11 Å². The number of aliphatic hydroxyl groups excluding tert-OH is 1. The molecular formula is C13H20N2O3S. The van der Waals surface area contributed by atoms with Crippen LogP contribution in [0, 0.1) is 6.92 Å². The molecule has 0 aliphatic carbocycles. The molecule has 0 aliphatic heterocycles. The quantitative estimate of drug-likeness (QED) is 0.433. The van der Waals surface area contributed by atoms with Gasteiger partial charge in [0.05, 0.1) is 5.69 Å². The maximum absolute atomic E-state index is 11.3. The first-order valence-corrected chi connectivity index (χ1v) is 7.43. The van der Waals surface area contributed by atoms with Crippen LogP contribution in [-0.2, 0) is 6.42 Å². The van der Waals surface area contributed by atoms with Crippen molar-refractivity contribution in [2.24, 2.45) is 0 Å². The highest BCUT2D eigenvalue weighted by Gasteiger charge is 2.17. The van der Waals surface area contributed by atoms with Gasteiger partial charge in [-0.25, -0.2) is 14.8 Å². The molecule has 0 aromatic carbocycles. The summed E-state index contributed by atoms with van der Waals surface area (Å²) < 4.78 is 0. The van der Waals surface area contributed by atoms with E-state index < -0.39 is 5.97 Å². The molecule has 1 rings (SSSR count). The molecule has 0 atom stereocenters. The first-order valence-electron chi connectivity index (χ1n) is 6.44. The smallest absolute Gasteiger partial charge is 0.340 e. The number of carboxylic acids is 1. The Morgan fingerprint density at radius 1 is 1.26 bits per heavy atom. The number of aromatic nitrogens is 2. The number of rotatable bonds is 8. The lowest BCUT2D eigenvalue weighted by Crippen LogP contribution is -2.09. The average Bonchev–Trinajstić information content (AvgIpc) is 2.37. The molecule has 19 heavy (non-hydrogen) atoms. The summed E-state index contributed by atoms with van der Waals surface area (Å²) >= 11 is 1.46. The van der Waals surface area contributed by atoms with Crippen LogP contribution in [-0.4, -0.2) is 38.5 Å². The molecule has 5 nitrogen and oxygen atoms in total. The second-order valence-electron chi connectivity index (χ2n) is 4.20. The number of carbonyl (C=O) groups is 1. The lowest BCUT2D eigenvalue weighted by Gasteiger charge is -2.09. The van der Waals surface area contributed by atoms with Crippen molar-refractivity contribution >= 4 is 17.7 Å². The van der Waals surface area contributed by atoms with Crippen molar-refractivity contribution in [3.63, 3.8) is 0 Å². The molecule has 0 amide bonds. The fraction of sp³-hybridized carbons (Fsp3) is 0.615. The molecule has 1 aromatic heterocycles. The van der Waals surface area contributed by atoms with Crippen molar-refractivity contribution in [1.29, 1.82) is 0 Å². The number of thioether (sulfide) groups is 1. The highest BCUT2D eigenvalue weighted by atomic mass is 32.2. The molecule has 0 radical (unpaired) electrons. The van der Waals surface area contributed by atoms with Gasteiger partial charge in [-0.1, -0.05) is 13.3 Å². The van der Waals surface area contributed by atoms with Crippen LogP contribution in [0.4, 0.5) is 0 Å². The normalized spacial score (nSPS) is 10.7. The molecule has 0 fully saturated rings. The molecule has 0 saturated heterocycles. The third-order valence-electron chi connectivity index (χ3n) is 2.67. The predicted octanol–water partition coefficient (Wildman–Crippen LogP) is 2.30. The molecule has 0 bridgehead atoms. The van der Waals surface area contributed by atoms with Crippen LogP contribution in [0.25, 0.3) is 0 Å². The van der Waals surface area contributed by atoms with E-state index in [1.165, 1.54) is 11.8 Å². The van der Waals surface area contributed by atoms with Crippen LogP contribution in [0.5, 0.6) is 0 Å². The number of hydrogen-bond donors (Lipinski definition) is 2. The molecule has 0 spiro atoms. The predicted molar refractivity (Wildman–Crippen MR) is 74.8 cm³/mol. The van der Waals surface area contributed by atoms with Gasteiger partial charge in [0.15, 0.2) is 0 Å². The number of aromatic carboxylic acids is 1.